The number of nitrogens with zero attached hydrogens (tertiary/aromatic N) is 1. The van der Waals surface area contributed by atoms with Crippen molar-refractivity contribution in [1.82, 2.24) is 0 Å². The third kappa shape index (κ3) is 4.50. The number of aliphatic hydroxyl groups excluding tert-OH is 1. The highest BCUT2D eigenvalue weighted by atomic mass is 35.5. The number of ether oxygens (including phenoxy) is 1. The van der Waals surface area contributed by atoms with Crippen molar-refractivity contribution in [1.29, 1.82) is 0 Å². The highest BCUT2D eigenvalue weighted by molar-refractivity contribution is 6.51. The van der Waals surface area contributed by atoms with Crippen molar-refractivity contribution in [3.8, 4) is 5.75 Å². The van der Waals surface area contributed by atoms with E-state index in [0.29, 0.717) is 28.6 Å². The van der Waals surface area contributed by atoms with Crippen molar-refractivity contribution < 1.29 is 19.4 Å². The molecular weight excluding hydrogens is 438 g/mol. The highest BCUT2D eigenvalue weighted by Crippen LogP contribution is 2.42. The van der Waals surface area contributed by atoms with Crippen LogP contribution in [0.2, 0.25) is 5.02 Å². The maximum Gasteiger partial charge on any atom is 0.300 e. The van der Waals surface area contributed by atoms with Gasteiger partial charge in [-0.05, 0) is 61.4 Å². The van der Waals surface area contributed by atoms with Crippen LogP contribution in [-0.2, 0) is 9.59 Å². The van der Waals surface area contributed by atoms with Crippen LogP contribution in [0.4, 0.5) is 5.69 Å². The zero-order chi connectivity index (χ0) is 23.5. The van der Waals surface area contributed by atoms with Crippen LogP contribution in [0.5, 0.6) is 5.75 Å². The SMILES string of the molecule is CCCOc1ccc(/C(O)=C2\C(=O)C(=O)N(c3cccc(Cl)c3)C2c2cccc(C)c2)cc1. The van der Waals surface area contributed by atoms with Crippen LogP contribution in [0, 0.1) is 6.92 Å². The number of Topliss-reactive ketones (excluding diaryl/α,β-unsaturated/α-hetero) is 1. The maximum atomic E-state index is 13.2. The van der Waals surface area contributed by atoms with E-state index in [4.69, 9.17) is 16.3 Å². The number of hydrogen-bond donors (Lipinski definition) is 1. The summed E-state index contributed by atoms with van der Waals surface area (Å²) < 4.78 is 5.60. The minimum absolute atomic E-state index is 0.0350. The summed E-state index contributed by atoms with van der Waals surface area (Å²) in [6.07, 6.45) is 0.880. The standard InChI is InChI=1S/C27H24ClNO4/c1-3-14-33-22-12-10-18(11-13-22)25(30)23-24(19-7-4-6-17(2)15-19)29(27(32)26(23)31)21-9-5-8-20(28)16-21/h4-13,15-16,24,30H,3,14H2,1-2H3/b25-23+. The van der Waals surface area contributed by atoms with Gasteiger partial charge in [-0.15, -0.1) is 0 Å². The number of hydrogen-bond acceptors (Lipinski definition) is 4. The van der Waals surface area contributed by atoms with Crippen molar-refractivity contribution in [2.75, 3.05) is 11.5 Å². The normalized spacial score (nSPS) is 17.4. The summed E-state index contributed by atoms with van der Waals surface area (Å²) >= 11 is 6.18. The van der Waals surface area contributed by atoms with Gasteiger partial charge in [0, 0.05) is 16.3 Å². The van der Waals surface area contributed by atoms with E-state index in [1.165, 1.54) is 4.90 Å². The summed E-state index contributed by atoms with van der Waals surface area (Å²) in [6.45, 7) is 4.54. The van der Waals surface area contributed by atoms with Gasteiger partial charge in [-0.25, -0.2) is 0 Å². The highest BCUT2D eigenvalue weighted by Gasteiger charge is 2.47. The molecule has 1 aliphatic heterocycles. The molecule has 1 saturated heterocycles. The Kier molecular flexibility index (Phi) is 6.52. The lowest BCUT2D eigenvalue weighted by Crippen LogP contribution is -2.29. The van der Waals surface area contributed by atoms with E-state index in [2.05, 4.69) is 0 Å². The Morgan fingerprint density at radius 3 is 2.42 bits per heavy atom. The summed E-state index contributed by atoms with van der Waals surface area (Å²) in [6, 6.07) is 20.4. The summed E-state index contributed by atoms with van der Waals surface area (Å²) in [5.41, 5.74) is 2.65. The molecule has 0 spiro atoms. The van der Waals surface area contributed by atoms with Crippen molar-refractivity contribution in [2.24, 2.45) is 0 Å². The first-order valence-corrected chi connectivity index (χ1v) is 11.1. The van der Waals surface area contributed by atoms with Crippen LogP contribution in [0.3, 0.4) is 0 Å². The third-order valence-electron chi connectivity index (χ3n) is 5.49. The fourth-order valence-corrected chi connectivity index (χ4v) is 4.15. The number of ketones is 1. The van der Waals surface area contributed by atoms with E-state index in [0.717, 1.165) is 17.5 Å². The van der Waals surface area contributed by atoms with E-state index >= 15 is 0 Å². The second-order valence-electron chi connectivity index (χ2n) is 7.94. The minimum Gasteiger partial charge on any atom is -0.507 e. The topological polar surface area (TPSA) is 66.8 Å². The van der Waals surface area contributed by atoms with Gasteiger partial charge in [0.25, 0.3) is 11.7 Å². The molecule has 5 nitrogen and oxygen atoms in total. The van der Waals surface area contributed by atoms with Gasteiger partial charge in [-0.2, -0.15) is 0 Å². The Bertz CT molecular complexity index is 1230. The molecule has 0 saturated carbocycles. The van der Waals surface area contributed by atoms with Gasteiger partial charge in [-0.3, -0.25) is 14.5 Å². The van der Waals surface area contributed by atoms with E-state index in [9.17, 15) is 14.7 Å². The quantitative estimate of drug-likeness (QED) is 0.275. The number of benzene rings is 3. The monoisotopic (exact) mass is 461 g/mol. The molecule has 0 radical (unpaired) electrons. The first-order chi connectivity index (χ1) is 15.9. The van der Waals surface area contributed by atoms with Crippen molar-refractivity contribution in [3.05, 3.63) is 100 Å². The van der Waals surface area contributed by atoms with Gasteiger partial charge in [0.1, 0.15) is 11.5 Å². The number of amides is 1. The van der Waals surface area contributed by atoms with Gasteiger partial charge in [0.15, 0.2) is 0 Å². The molecule has 1 N–H and O–H groups in total. The third-order valence-corrected chi connectivity index (χ3v) is 5.72. The molecule has 0 aromatic heterocycles. The lowest BCUT2D eigenvalue weighted by atomic mass is 9.94. The number of anilines is 1. The van der Waals surface area contributed by atoms with Crippen LogP contribution in [0.25, 0.3) is 5.76 Å². The first kappa shape index (κ1) is 22.6. The second kappa shape index (κ2) is 9.51. The molecule has 1 heterocycles. The van der Waals surface area contributed by atoms with Crippen LogP contribution < -0.4 is 9.64 Å². The zero-order valence-electron chi connectivity index (χ0n) is 18.4. The summed E-state index contributed by atoms with van der Waals surface area (Å²) in [5, 5.41) is 11.7. The fourth-order valence-electron chi connectivity index (χ4n) is 3.96. The predicted octanol–water partition coefficient (Wildman–Crippen LogP) is 6.06. The van der Waals surface area contributed by atoms with E-state index in [1.807, 2.05) is 38.1 Å². The molecule has 1 fully saturated rings. The first-order valence-electron chi connectivity index (χ1n) is 10.8. The van der Waals surface area contributed by atoms with Gasteiger partial charge >= 0.3 is 0 Å². The van der Waals surface area contributed by atoms with Crippen LogP contribution in [0.15, 0.2) is 78.4 Å². The Labute approximate surface area is 197 Å². The number of aliphatic hydroxyl groups is 1. The van der Waals surface area contributed by atoms with E-state index in [-0.39, 0.29) is 11.3 Å². The lowest BCUT2D eigenvalue weighted by molar-refractivity contribution is -0.132. The van der Waals surface area contributed by atoms with Gasteiger partial charge in [-0.1, -0.05) is 54.4 Å². The number of rotatable bonds is 6. The van der Waals surface area contributed by atoms with Gasteiger partial charge < -0.3 is 9.84 Å². The van der Waals surface area contributed by atoms with Crippen molar-refractivity contribution in [2.45, 2.75) is 26.3 Å². The van der Waals surface area contributed by atoms with E-state index in [1.54, 1.807) is 48.5 Å². The van der Waals surface area contributed by atoms with Crippen molar-refractivity contribution in [3.63, 3.8) is 0 Å². The molecule has 0 bridgehead atoms. The molecule has 0 aliphatic carbocycles. The number of aryl methyl sites for hydroxylation is 1. The molecule has 6 heteroatoms. The molecule has 3 aromatic rings. The Hall–Kier alpha value is -3.57. The number of carbonyl (C=O) groups is 2. The zero-order valence-corrected chi connectivity index (χ0v) is 19.2. The molecule has 3 aromatic carbocycles. The van der Waals surface area contributed by atoms with Gasteiger partial charge in [0.05, 0.1) is 18.2 Å². The van der Waals surface area contributed by atoms with Crippen LogP contribution in [-0.4, -0.2) is 23.4 Å². The smallest absolute Gasteiger partial charge is 0.300 e. The Morgan fingerprint density at radius 1 is 1.03 bits per heavy atom. The predicted molar refractivity (Wildman–Crippen MR) is 130 cm³/mol. The minimum atomic E-state index is -0.792. The molecule has 1 unspecified atom stereocenters. The summed E-state index contributed by atoms with van der Waals surface area (Å²) in [4.78, 5) is 27.8. The fraction of sp³-hybridized carbons (Fsp3) is 0.185. The largest absolute Gasteiger partial charge is 0.507 e. The Morgan fingerprint density at radius 2 is 1.76 bits per heavy atom. The molecule has 4 rings (SSSR count). The molecule has 1 amide bonds. The van der Waals surface area contributed by atoms with Gasteiger partial charge in [0.2, 0.25) is 0 Å². The molecular formula is C27H24ClNO4. The lowest BCUT2D eigenvalue weighted by Gasteiger charge is -2.26. The molecule has 1 atom stereocenters. The summed E-state index contributed by atoms with van der Waals surface area (Å²) in [7, 11) is 0. The second-order valence-corrected chi connectivity index (χ2v) is 8.37. The van der Waals surface area contributed by atoms with Crippen LogP contribution >= 0.6 is 11.6 Å². The average Bonchev–Trinajstić information content (AvgIpc) is 3.08. The van der Waals surface area contributed by atoms with E-state index < -0.39 is 17.7 Å². The maximum absolute atomic E-state index is 13.2. The van der Waals surface area contributed by atoms with Crippen molar-refractivity contribution >= 4 is 34.7 Å². The number of halogens is 1. The molecule has 33 heavy (non-hydrogen) atoms. The molecule has 168 valence electrons. The molecule has 1 aliphatic rings. The Balaban J connectivity index is 1.86. The summed E-state index contributed by atoms with van der Waals surface area (Å²) in [5.74, 6) is -1.02. The number of carbonyl (C=O) groups excluding carboxylic acids is 2. The van der Waals surface area contributed by atoms with Crippen LogP contribution in [0.1, 0.15) is 36.1 Å². The average molecular weight is 462 g/mol.